The number of fused-ring (bicyclic) bond motifs is 3. The van der Waals surface area contributed by atoms with Crippen molar-refractivity contribution in [3.63, 3.8) is 0 Å². The fraction of sp³-hybridized carbons (Fsp3) is 0.167. The van der Waals surface area contributed by atoms with E-state index >= 15 is 0 Å². The molecule has 5 rings (SSSR count). The number of ether oxygens (including phenoxy) is 4. The monoisotopic (exact) mass is 418 g/mol. The first-order valence-electron chi connectivity index (χ1n) is 9.66. The van der Waals surface area contributed by atoms with E-state index in [4.69, 9.17) is 23.4 Å². The molecule has 1 aromatic heterocycles. The molecular formula is C24H18O7. The molecule has 156 valence electrons. The van der Waals surface area contributed by atoms with Crippen molar-refractivity contribution in [2.75, 3.05) is 14.2 Å². The van der Waals surface area contributed by atoms with E-state index in [1.165, 1.54) is 0 Å². The molecule has 1 unspecified atom stereocenters. The summed E-state index contributed by atoms with van der Waals surface area (Å²) in [5.74, 6) is 1.67. The number of furan rings is 1. The van der Waals surface area contributed by atoms with Crippen molar-refractivity contribution in [1.29, 1.82) is 0 Å². The van der Waals surface area contributed by atoms with Crippen molar-refractivity contribution in [2.24, 2.45) is 0 Å². The van der Waals surface area contributed by atoms with Crippen LogP contribution in [-0.4, -0.2) is 26.0 Å². The fourth-order valence-electron chi connectivity index (χ4n) is 3.93. The third-order valence-electron chi connectivity index (χ3n) is 5.37. The van der Waals surface area contributed by atoms with E-state index in [0.717, 1.165) is 5.56 Å². The van der Waals surface area contributed by atoms with Crippen molar-refractivity contribution in [3.8, 4) is 23.0 Å². The third-order valence-corrected chi connectivity index (χ3v) is 5.37. The highest BCUT2D eigenvalue weighted by atomic mass is 16.5. The number of hydrogen-bond donors (Lipinski definition) is 0. The molecule has 0 saturated carbocycles. The molecule has 3 heterocycles. The first-order chi connectivity index (χ1) is 15.1. The first kappa shape index (κ1) is 19.0. The van der Waals surface area contributed by atoms with Crippen LogP contribution >= 0.6 is 0 Å². The molecule has 2 aliphatic rings. The van der Waals surface area contributed by atoms with Gasteiger partial charge in [-0.25, -0.2) is 0 Å². The van der Waals surface area contributed by atoms with Gasteiger partial charge in [0.25, 0.3) is 0 Å². The number of rotatable bonds is 4. The molecule has 0 spiro atoms. The molecule has 31 heavy (non-hydrogen) atoms. The lowest BCUT2D eigenvalue weighted by atomic mass is 9.88. The fourth-order valence-corrected chi connectivity index (χ4v) is 3.93. The van der Waals surface area contributed by atoms with E-state index in [-0.39, 0.29) is 23.9 Å². The van der Waals surface area contributed by atoms with E-state index in [1.807, 2.05) is 0 Å². The number of hydrogen-bond acceptors (Lipinski definition) is 7. The Bertz CT molecular complexity index is 1220. The Labute approximate surface area is 177 Å². The largest absolute Gasteiger partial charge is 0.493 e. The second-order valence-electron chi connectivity index (χ2n) is 7.15. The number of Topliss-reactive ketones (excluding diaryl/α,β-unsaturated/α-hetero) is 1. The SMILES string of the molecule is COc1ccc(/C=C2\Oc3c(ccc4c3C(c3ccco3)CC(=O)O4)C2=O)cc1OC. The molecular weight excluding hydrogens is 400 g/mol. The van der Waals surface area contributed by atoms with Gasteiger partial charge in [-0.3, -0.25) is 9.59 Å². The Morgan fingerprint density at radius 2 is 1.84 bits per heavy atom. The van der Waals surface area contributed by atoms with Crippen LogP contribution in [0.25, 0.3) is 6.08 Å². The van der Waals surface area contributed by atoms with Crippen molar-refractivity contribution in [1.82, 2.24) is 0 Å². The molecule has 0 amide bonds. The van der Waals surface area contributed by atoms with Gasteiger partial charge in [0.1, 0.15) is 17.3 Å². The zero-order chi connectivity index (χ0) is 21.5. The number of benzene rings is 2. The Morgan fingerprint density at radius 3 is 2.58 bits per heavy atom. The van der Waals surface area contributed by atoms with Crippen LogP contribution < -0.4 is 18.9 Å². The van der Waals surface area contributed by atoms with Gasteiger partial charge < -0.3 is 23.4 Å². The average Bonchev–Trinajstić information content (AvgIpc) is 3.42. The standard InChI is InChI=1S/C24H18O7/c1-27-17-7-5-13(10-19(17)28-2)11-20-23(26)14-6-8-18-22(24(14)31-20)15(12-21(25)30-18)16-4-3-9-29-16/h3-11,15H,12H2,1-2H3/b20-11-. The minimum absolute atomic E-state index is 0.100. The van der Waals surface area contributed by atoms with Gasteiger partial charge in [0, 0.05) is 5.56 Å². The Balaban J connectivity index is 1.57. The summed E-state index contributed by atoms with van der Waals surface area (Å²) in [6.45, 7) is 0. The lowest BCUT2D eigenvalue weighted by molar-refractivity contribution is -0.135. The average molecular weight is 418 g/mol. The lowest BCUT2D eigenvalue weighted by Crippen LogP contribution is -2.21. The highest BCUT2D eigenvalue weighted by Gasteiger charge is 2.39. The van der Waals surface area contributed by atoms with Crippen molar-refractivity contribution in [2.45, 2.75) is 12.3 Å². The lowest BCUT2D eigenvalue weighted by Gasteiger charge is -2.24. The Kier molecular flexibility index (Phi) is 4.51. The third kappa shape index (κ3) is 3.15. The van der Waals surface area contributed by atoms with Gasteiger partial charge in [0.15, 0.2) is 17.3 Å². The van der Waals surface area contributed by atoms with Gasteiger partial charge >= 0.3 is 5.97 Å². The number of ketones is 1. The zero-order valence-electron chi connectivity index (χ0n) is 16.8. The highest BCUT2D eigenvalue weighted by Crippen LogP contribution is 2.49. The summed E-state index contributed by atoms with van der Waals surface area (Å²) in [5, 5.41) is 0. The number of carbonyl (C=O) groups is 2. The van der Waals surface area contributed by atoms with E-state index in [9.17, 15) is 9.59 Å². The minimum atomic E-state index is -0.394. The van der Waals surface area contributed by atoms with Crippen LogP contribution in [0.4, 0.5) is 0 Å². The predicted molar refractivity (Wildman–Crippen MR) is 110 cm³/mol. The summed E-state index contributed by atoms with van der Waals surface area (Å²) >= 11 is 0. The van der Waals surface area contributed by atoms with Crippen LogP contribution in [0.5, 0.6) is 23.0 Å². The van der Waals surface area contributed by atoms with E-state index in [0.29, 0.717) is 39.9 Å². The number of carbonyl (C=O) groups excluding carboxylic acids is 2. The van der Waals surface area contributed by atoms with Gasteiger partial charge in [-0.1, -0.05) is 6.07 Å². The van der Waals surface area contributed by atoms with Gasteiger partial charge in [-0.2, -0.15) is 0 Å². The zero-order valence-corrected chi connectivity index (χ0v) is 16.8. The van der Waals surface area contributed by atoms with Crippen LogP contribution in [0, 0.1) is 0 Å². The van der Waals surface area contributed by atoms with Crippen molar-refractivity contribution in [3.05, 3.63) is 76.9 Å². The maximum atomic E-state index is 13.0. The number of esters is 1. The molecule has 0 fully saturated rings. The molecule has 3 aromatic rings. The molecule has 0 bridgehead atoms. The Hall–Kier alpha value is -4.00. The minimum Gasteiger partial charge on any atom is -0.493 e. The Morgan fingerprint density at radius 1 is 1.00 bits per heavy atom. The summed E-state index contributed by atoms with van der Waals surface area (Å²) in [6, 6.07) is 12.1. The summed E-state index contributed by atoms with van der Waals surface area (Å²) < 4.78 is 27.6. The van der Waals surface area contributed by atoms with Gasteiger partial charge in [0.05, 0.1) is 38.4 Å². The first-order valence-corrected chi connectivity index (χ1v) is 9.66. The summed E-state index contributed by atoms with van der Waals surface area (Å²) in [5.41, 5.74) is 1.77. The molecule has 0 aliphatic carbocycles. The van der Waals surface area contributed by atoms with Crippen LogP contribution in [0.1, 0.15) is 39.6 Å². The summed E-state index contributed by atoms with van der Waals surface area (Å²) in [6.07, 6.45) is 3.29. The topological polar surface area (TPSA) is 84.2 Å². The van der Waals surface area contributed by atoms with E-state index < -0.39 is 5.92 Å². The second kappa shape index (κ2) is 7.36. The van der Waals surface area contributed by atoms with Crippen molar-refractivity contribution < 1.29 is 33.0 Å². The maximum Gasteiger partial charge on any atom is 0.312 e. The molecule has 2 aliphatic heterocycles. The van der Waals surface area contributed by atoms with Crippen LogP contribution in [0.15, 0.2) is 58.9 Å². The highest BCUT2D eigenvalue weighted by molar-refractivity contribution is 6.15. The van der Waals surface area contributed by atoms with Gasteiger partial charge in [-0.15, -0.1) is 0 Å². The molecule has 0 saturated heterocycles. The molecule has 7 nitrogen and oxygen atoms in total. The second-order valence-corrected chi connectivity index (χ2v) is 7.15. The van der Waals surface area contributed by atoms with Crippen LogP contribution in [-0.2, 0) is 4.79 Å². The van der Waals surface area contributed by atoms with Gasteiger partial charge in [-0.05, 0) is 48.0 Å². The number of methoxy groups -OCH3 is 2. The summed E-state index contributed by atoms with van der Waals surface area (Å²) in [4.78, 5) is 25.2. The molecule has 1 atom stereocenters. The predicted octanol–water partition coefficient (Wildman–Crippen LogP) is 4.35. The molecule has 0 radical (unpaired) electrons. The normalized spacial score (nSPS) is 18.3. The van der Waals surface area contributed by atoms with Crippen LogP contribution in [0.3, 0.4) is 0 Å². The van der Waals surface area contributed by atoms with E-state index in [2.05, 4.69) is 0 Å². The van der Waals surface area contributed by atoms with Crippen molar-refractivity contribution >= 4 is 17.8 Å². The summed E-state index contributed by atoms with van der Waals surface area (Å²) in [7, 11) is 3.10. The van der Waals surface area contributed by atoms with E-state index in [1.54, 1.807) is 69.0 Å². The van der Waals surface area contributed by atoms with Gasteiger partial charge in [0.2, 0.25) is 5.78 Å². The quantitative estimate of drug-likeness (QED) is 0.354. The molecule has 2 aromatic carbocycles. The number of allylic oxidation sites excluding steroid dienone is 1. The van der Waals surface area contributed by atoms with Crippen LogP contribution in [0.2, 0.25) is 0 Å². The smallest absolute Gasteiger partial charge is 0.312 e. The molecule has 7 heteroatoms. The maximum absolute atomic E-state index is 13.0. The molecule has 0 N–H and O–H groups in total.